The van der Waals surface area contributed by atoms with Crippen LogP contribution in [0.2, 0.25) is 5.02 Å². The Morgan fingerprint density at radius 3 is 2.31 bits per heavy atom. The summed E-state index contributed by atoms with van der Waals surface area (Å²) in [4.78, 5) is 26.5. The van der Waals surface area contributed by atoms with Gasteiger partial charge >= 0.3 is 0 Å². The van der Waals surface area contributed by atoms with E-state index in [9.17, 15) is 20.0 Å². The molecule has 39 heavy (non-hydrogen) atoms. The number of fused-ring (bicyclic) bond motifs is 1. The smallest absolute Gasteiger partial charge is 0.269 e. The highest BCUT2D eigenvalue weighted by atomic mass is 35.5. The fourth-order valence-corrected chi connectivity index (χ4v) is 6.23. The summed E-state index contributed by atoms with van der Waals surface area (Å²) in [5.74, 6) is 0.803. The molecule has 0 radical (unpaired) electrons. The quantitative estimate of drug-likeness (QED) is 0.181. The average molecular weight is 549 g/mol. The Morgan fingerprint density at radius 2 is 1.64 bits per heavy atom. The number of carbonyl (C=O) groups is 1. The number of non-ortho nitro benzene ring substituents is 1. The number of amides is 1. The molecule has 1 aliphatic carbocycles. The maximum Gasteiger partial charge on any atom is 0.269 e. The maximum atomic E-state index is 13.9. The van der Waals surface area contributed by atoms with Gasteiger partial charge in [0.15, 0.2) is 0 Å². The number of nitro groups is 1. The summed E-state index contributed by atoms with van der Waals surface area (Å²) in [6, 6.07) is 21.7. The number of nitro benzene ring substituents is 1. The molecule has 1 heterocycles. The summed E-state index contributed by atoms with van der Waals surface area (Å²) in [5, 5.41) is 21.2. The van der Waals surface area contributed by atoms with Crippen molar-refractivity contribution >= 4 is 23.2 Å². The molecule has 5 rings (SSSR count). The van der Waals surface area contributed by atoms with Crippen LogP contribution in [0.25, 0.3) is 0 Å². The largest absolute Gasteiger partial charge is 0.396 e. The molecule has 1 amide bonds. The normalized spacial score (nSPS) is 22.6. The number of aliphatic hydroxyl groups excluding tert-OH is 1. The molecular weight excluding hydrogens is 516 g/mol. The van der Waals surface area contributed by atoms with Crippen LogP contribution in [-0.2, 0) is 16.8 Å². The molecule has 1 fully saturated rings. The van der Waals surface area contributed by atoms with Gasteiger partial charge in [0.25, 0.3) is 11.6 Å². The zero-order valence-electron chi connectivity index (χ0n) is 21.8. The number of ether oxygens (including phenoxy) is 1. The van der Waals surface area contributed by atoms with Crippen LogP contribution in [0.15, 0.2) is 72.8 Å². The summed E-state index contributed by atoms with van der Waals surface area (Å²) in [5.41, 5.74) is 2.55. The van der Waals surface area contributed by atoms with Crippen molar-refractivity contribution in [2.24, 2.45) is 11.8 Å². The Labute approximate surface area is 233 Å². The summed E-state index contributed by atoms with van der Waals surface area (Å²) in [6.45, 7) is 1.67. The van der Waals surface area contributed by atoms with Crippen molar-refractivity contribution in [2.45, 2.75) is 44.2 Å². The molecular formula is C31H33ClN2O5. The highest BCUT2D eigenvalue weighted by molar-refractivity contribution is 6.30. The lowest BCUT2D eigenvalue weighted by molar-refractivity contribution is -0.384. The van der Waals surface area contributed by atoms with E-state index < -0.39 is 10.5 Å². The second kappa shape index (κ2) is 11.9. The van der Waals surface area contributed by atoms with Gasteiger partial charge in [0.1, 0.15) is 0 Å². The first-order valence-electron chi connectivity index (χ1n) is 13.5. The van der Waals surface area contributed by atoms with E-state index in [0.717, 1.165) is 42.4 Å². The van der Waals surface area contributed by atoms with Crippen LogP contribution >= 0.6 is 11.6 Å². The van der Waals surface area contributed by atoms with Gasteiger partial charge in [-0.25, -0.2) is 0 Å². The number of rotatable bonds is 10. The number of carbonyl (C=O) groups excluding carboxylic acids is 1. The van der Waals surface area contributed by atoms with E-state index in [1.165, 1.54) is 12.1 Å². The van der Waals surface area contributed by atoms with Gasteiger partial charge in [0.05, 0.1) is 10.5 Å². The lowest BCUT2D eigenvalue weighted by Gasteiger charge is -2.40. The summed E-state index contributed by atoms with van der Waals surface area (Å²) in [7, 11) is 0. The Balaban J connectivity index is 1.45. The van der Waals surface area contributed by atoms with Gasteiger partial charge in [-0.2, -0.15) is 0 Å². The number of aliphatic hydroxyl groups is 1. The standard InChI is InChI=1S/C31H33ClN2O5/c32-26-13-11-25(12-14-26)31(17-18-39-21-24-7-5-23(20-35)6-8-24)29-4-2-1-3-28(29)30(36)33(31)19-22-9-15-27(16-10-22)34(37)38/h1-4,9-16,23-24,35H,5-8,17-21H2. The highest BCUT2D eigenvalue weighted by Crippen LogP contribution is 2.48. The molecule has 2 aliphatic rings. The summed E-state index contributed by atoms with van der Waals surface area (Å²) in [6.07, 6.45) is 4.73. The molecule has 1 saturated carbocycles. The fourth-order valence-electron chi connectivity index (χ4n) is 6.11. The van der Waals surface area contributed by atoms with Crippen molar-refractivity contribution in [1.82, 2.24) is 4.90 Å². The van der Waals surface area contributed by atoms with Gasteiger partial charge in [-0.15, -0.1) is 0 Å². The van der Waals surface area contributed by atoms with Crippen LogP contribution in [0.4, 0.5) is 5.69 Å². The lowest BCUT2D eigenvalue weighted by Crippen LogP contribution is -2.45. The molecule has 3 aromatic carbocycles. The number of halogens is 1. The van der Waals surface area contributed by atoms with Crippen molar-refractivity contribution in [1.29, 1.82) is 0 Å². The minimum Gasteiger partial charge on any atom is -0.396 e. The molecule has 7 nitrogen and oxygen atoms in total. The van der Waals surface area contributed by atoms with Gasteiger partial charge in [0, 0.05) is 55.5 Å². The number of hydrogen-bond donors (Lipinski definition) is 1. The zero-order chi connectivity index (χ0) is 27.4. The molecule has 0 spiro atoms. The third-order valence-corrected chi connectivity index (χ3v) is 8.56. The Bertz CT molecular complexity index is 1310. The van der Waals surface area contributed by atoms with E-state index in [0.29, 0.717) is 48.6 Å². The van der Waals surface area contributed by atoms with Gasteiger partial charge in [-0.05, 0) is 72.4 Å². The molecule has 1 N–H and O–H groups in total. The second-order valence-electron chi connectivity index (χ2n) is 10.6. The number of benzene rings is 3. The molecule has 0 aromatic heterocycles. The second-order valence-corrected chi connectivity index (χ2v) is 11.1. The van der Waals surface area contributed by atoms with E-state index in [4.69, 9.17) is 16.3 Å². The summed E-state index contributed by atoms with van der Waals surface area (Å²) < 4.78 is 6.26. The molecule has 1 unspecified atom stereocenters. The number of hydrogen-bond acceptors (Lipinski definition) is 5. The van der Waals surface area contributed by atoms with Crippen molar-refractivity contribution in [3.8, 4) is 0 Å². The monoisotopic (exact) mass is 548 g/mol. The minimum absolute atomic E-state index is 0.0140. The first-order chi connectivity index (χ1) is 18.9. The van der Waals surface area contributed by atoms with Crippen molar-refractivity contribution in [2.75, 3.05) is 19.8 Å². The molecule has 204 valence electrons. The van der Waals surface area contributed by atoms with E-state index >= 15 is 0 Å². The molecule has 8 heteroatoms. The Kier molecular flexibility index (Phi) is 8.31. The first-order valence-corrected chi connectivity index (χ1v) is 13.9. The maximum absolute atomic E-state index is 13.9. The van der Waals surface area contributed by atoms with E-state index in [1.54, 1.807) is 12.1 Å². The van der Waals surface area contributed by atoms with Crippen molar-refractivity contribution in [3.63, 3.8) is 0 Å². The molecule has 3 aromatic rings. The topological polar surface area (TPSA) is 92.9 Å². The zero-order valence-corrected chi connectivity index (χ0v) is 22.6. The predicted molar refractivity (Wildman–Crippen MR) is 150 cm³/mol. The van der Waals surface area contributed by atoms with Crippen LogP contribution < -0.4 is 0 Å². The SMILES string of the molecule is O=C1c2ccccc2C(CCOCC2CCC(CO)CC2)(c2ccc(Cl)cc2)N1Cc1ccc([N+](=O)[O-])cc1. The van der Waals surface area contributed by atoms with Crippen LogP contribution in [0, 0.1) is 22.0 Å². The van der Waals surface area contributed by atoms with E-state index in [1.807, 2.05) is 53.4 Å². The average Bonchev–Trinajstić information content (AvgIpc) is 3.20. The first kappa shape index (κ1) is 27.3. The Morgan fingerprint density at radius 1 is 0.974 bits per heavy atom. The van der Waals surface area contributed by atoms with E-state index in [2.05, 4.69) is 0 Å². The lowest BCUT2D eigenvalue weighted by atomic mass is 9.80. The van der Waals surface area contributed by atoms with Gasteiger partial charge in [-0.1, -0.05) is 54.1 Å². The van der Waals surface area contributed by atoms with Crippen molar-refractivity contribution in [3.05, 3.63) is 110 Å². The Hall–Kier alpha value is -3.26. The molecule has 1 aliphatic heterocycles. The third kappa shape index (κ3) is 5.57. The van der Waals surface area contributed by atoms with Crippen LogP contribution in [0.1, 0.15) is 59.2 Å². The number of nitrogens with zero attached hydrogens (tertiary/aromatic N) is 2. The van der Waals surface area contributed by atoms with Crippen LogP contribution in [0.5, 0.6) is 0 Å². The van der Waals surface area contributed by atoms with Crippen LogP contribution in [0.3, 0.4) is 0 Å². The molecule has 0 bridgehead atoms. The summed E-state index contributed by atoms with van der Waals surface area (Å²) >= 11 is 6.26. The van der Waals surface area contributed by atoms with Crippen LogP contribution in [-0.4, -0.2) is 40.7 Å². The third-order valence-electron chi connectivity index (χ3n) is 8.30. The molecule has 0 saturated heterocycles. The van der Waals surface area contributed by atoms with E-state index in [-0.39, 0.29) is 18.2 Å². The highest BCUT2D eigenvalue weighted by Gasteiger charge is 2.50. The predicted octanol–water partition coefficient (Wildman–Crippen LogP) is 6.35. The van der Waals surface area contributed by atoms with Crippen molar-refractivity contribution < 1.29 is 19.6 Å². The van der Waals surface area contributed by atoms with Gasteiger partial charge < -0.3 is 14.7 Å². The molecule has 1 atom stereocenters. The van der Waals surface area contributed by atoms with Gasteiger partial charge in [0.2, 0.25) is 0 Å². The minimum atomic E-state index is -0.783. The fraction of sp³-hybridized carbons (Fsp3) is 0.387. The van der Waals surface area contributed by atoms with Gasteiger partial charge in [-0.3, -0.25) is 14.9 Å².